The monoisotopic (exact) mass is 694 g/mol. The van der Waals surface area contributed by atoms with Gasteiger partial charge in [-0.3, -0.25) is 0 Å². The Morgan fingerprint density at radius 2 is 0.981 bits per heavy atom. The van der Waals surface area contributed by atoms with Crippen LogP contribution in [0.15, 0.2) is 199 Å². The Labute approximate surface area is 316 Å². The summed E-state index contributed by atoms with van der Waals surface area (Å²) in [5, 5.41) is 2.28. The summed E-state index contributed by atoms with van der Waals surface area (Å²) in [4.78, 5) is 4.72. The van der Waals surface area contributed by atoms with Crippen LogP contribution in [0.25, 0.3) is 44.2 Å². The van der Waals surface area contributed by atoms with E-state index in [-0.39, 0.29) is 5.41 Å². The highest BCUT2D eigenvalue weighted by Gasteiger charge is 2.39. The first-order valence-electron chi connectivity index (χ1n) is 18.6. The molecule has 0 unspecified atom stereocenters. The molecule has 0 spiro atoms. The van der Waals surface area contributed by atoms with Crippen molar-refractivity contribution in [1.29, 1.82) is 0 Å². The molecular weight excluding hydrogens is 657 g/mol. The van der Waals surface area contributed by atoms with Crippen molar-refractivity contribution in [3.8, 4) is 22.3 Å². The molecule has 0 aliphatic carbocycles. The number of rotatable bonds is 6. The lowest BCUT2D eigenvalue weighted by Crippen LogP contribution is -2.30. The number of hydrogen-bond donors (Lipinski definition) is 0. The van der Waals surface area contributed by atoms with Crippen molar-refractivity contribution < 1.29 is 4.42 Å². The summed E-state index contributed by atoms with van der Waals surface area (Å²) in [6.07, 6.45) is 0. The third-order valence-electron chi connectivity index (χ3n) is 11.0. The van der Waals surface area contributed by atoms with Crippen LogP contribution in [0.3, 0.4) is 0 Å². The molecule has 2 heterocycles. The van der Waals surface area contributed by atoms with E-state index in [1.54, 1.807) is 0 Å². The fraction of sp³-hybridized carbons (Fsp3) is 0.0588. The van der Waals surface area contributed by atoms with Gasteiger partial charge in [0.05, 0.1) is 11.4 Å². The lowest BCUT2D eigenvalue weighted by molar-refractivity contribution is 0.624. The SMILES string of the molecule is CC1(C)c2cc(-c3ccc(N(c4ccccc4)c4ccc(-c5ccccc5)cc4)cc3)ccc2N(c2ccccc2)c2c1ccc1c2oc2ccccc21. The van der Waals surface area contributed by atoms with E-state index in [0.29, 0.717) is 0 Å². The summed E-state index contributed by atoms with van der Waals surface area (Å²) in [7, 11) is 0. The van der Waals surface area contributed by atoms with Gasteiger partial charge in [0.25, 0.3) is 0 Å². The van der Waals surface area contributed by atoms with E-state index < -0.39 is 0 Å². The van der Waals surface area contributed by atoms with Crippen LogP contribution in [0.1, 0.15) is 25.0 Å². The second-order valence-corrected chi connectivity index (χ2v) is 14.6. The molecule has 1 aliphatic rings. The molecule has 1 aromatic heterocycles. The van der Waals surface area contributed by atoms with Gasteiger partial charge in [0.15, 0.2) is 5.58 Å². The summed E-state index contributed by atoms with van der Waals surface area (Å²) in [6, 6.07) is 69.5. The Morgan fingerprint density at radius 3 is 1.67 bits per heavy atom. The first kappa shape index (κ1) is 31.9. The molecule has 0 saturated heterocycles. The van der Waals surface area contributed by atoms with Gasteiger partial charge in [0.1, 0.15) is 5.58 Å². The number of para-hydroxylation sites is 3. The van der Waals surface area contributed by atoms with Crippen molar-refractivity contribution in [3.05, 3.63) is 205 Å². The van der Waals surface area contributed by atoms with Crippen LogP contribution >= 0.6 is 0 Å². The van der Waals surface area contributed by atoms with Crippen molar-refractivity contribution >= 4 is 56.1 Å². The Hall–Kier alpha value is -6.84. The van der Waals surface area contributed by atoms with Gasteiger partial charge in [-0.25, -0.2) is 0 Å². The van der Waals surface area contributed by atoms with Crippen molar-refractivity contribution in [2.24, 2.45) is 0 Å². The van der Waals surface area contributed by atoms with Gasteiger partial charge in [-0.1, -0.05) is 141 Å². The third kappa shape index (κ3) is 5.20. The van der Waals surface area contributed by atoms with Crippen LogP contribution in [-0.4, -0.2) is 0 Å². The fourth-order valence-electron chi connectivity index (χ4n) is 8.28. The number of anilines is 6. The molecule has 9 aromatic rings. The van der Waals surface area contributed by atoms with Crippen LogP contribution in [-0.2, 0) is 5.41 Å². The van der Waals surface area contributed by atoms with Gasteiger partial charge in [-0.15, -0.1) is 0 Å². The summed E-state index contributed by atoms with van der Waals surface area (Å²) in [5.74, 6) is 0. The molecule has 8 aromatic carbocycles. The van der Waals surface area contributed by atoms with E-state index in [1.165, 1.54) is 39.1 Å². The van der Waals surface area contributed by atoms with Crippen molar-refractivity contribution in [2.75, 3.05) is 9.80 Å². The minimum Gasteiger partial charge on any atom is -0.454 e. The predicted molar refractivity (Wildman–Crippen MR) is 226 cm³/mol. The minimum atomic E-state index is -0.283. The molecule has 0 bridgehead atoms. The van der Waals surface area contributed by atoms with Crippen molar-refractivity contribution in [2.45, 2.75) is 19.3 Å². The molecule has 0 atom stereocenters. The molecule has 0 amide bonds. The van der Waals surface area contributed by atoms with Gasteiger partial charge < -0.3 is 14.2 Å². The minimum absolute atomic E-state index is 0.283. The summed E-state index contributed by atoms with van der Waals surface area (Å²) in [6.45, 7) is 4.68. The molecule has 10 rings (SSSR count). The quantitative estimate of drug-likeness (QED) is 0.173. The van der Waals surface area contributed by atoms with Crippen molar-refractivity contribution in [1.82, 2.24) is 0 Å². The maximum atomic E-state index is 6.68. The molecule has 258 valence electrons. The van der Waals surface area contributed by atoms with Crippen LogP contribution in [0.5, 0.6) is 0 Å². The second-order valence-electron chi connectivity index (χ2n) is 14.6. The zero-order chi connectivity index (χ0) is 36.2. The van der Waals surface area contributed by atoms with Crippen LogP contribution in [0.2, 0.25) is 0 Å². The number of fused-ring (bicyclic) bond motifs is 6. The Bertz CT molecular complexity index is 2770. The first-order valence-corrected chi connectivity index (χ1v) is 18.6. The van der Waals surface area contributed by atoms with E-state index in [4.69, 9.17) is 4.42 Å². The summed E-state index contributed by atoms with van der Waals surface area (Å²) < 4.78 is 6.68. The Morgan fingerprint density at radius 1 is 0.444 bits per heavy atom. The van der Waals surface area contributed by atoms with E-state index in [1.807, 2.05) is 6.07 Å². The number of furan rings is 1. The Balaban J connectivity index is 1.06. The van der Waals surface area contributed by atoms with E-state index >= 15 is 0 Å². The second kappa shape index (κ2) is 12.7. The largest absolute Gasteiger partial charge is 0.454 e. The van der Waals surface area contributed by atoms with Crippen molar-refractivity contribution in [3.63, 3.8) is 0 Å². The third-order valence-corrected chi connectivity index (χ3v) is 11.0. The van der Waals surface area contributed by atoms with E-state index in [9.17, 15) is 0 Å². The molecule has 0 saturated carbocycles. The van der Waals surface area contributed by atoms with E-state index in [0.717, 1.165) is 50.4 Å². The molecule has 3 heteroatoms. The molecule has 0 N–H and O–H groups in total. The number of benzene rings is 8. The van der Waals surface area contributed by atoms with Gasteiger partial charge in [-0.2, -0.15) is 0 Å². The highest BCUT2D eigenvalue weighted by molar-refractivity contribution is 6.12. The highest BCUT2D eigenvalue weighted by atomic mass is 16.3. The van der Waals surface area contributed by atoms with Crippen LogP contribution < -0.4 is 9.80 Å². The molecular formula is C51H38N2O. The van der Waals surface area contributed by atoms with Gasteiger partial charge in [0.2, 0.25) is 0 Å². The number of hydrogen-bond acceptors (Lipinski definition) is 3. The molecule has 0 fully saturated rings. The normalized spacial score (nSPS) is 13.1. The average Bonchev–Trinajstić information content (AvgIpc) is 3.62. The zero-order valence-electron chi connectivity index (χ0n) is 30.3. The topological polar surface area (TPSA) is 19.6 Å². The van der Waals surface area contributed by atoms with Gasteiger partial charge in [-0.05, 0) is 100 Å². The molecule has 3 nitrogen and oxygen atoms in total. The maximum absolute atomic E-state index is 6.68. The summed E-state index contributed by atoms with van der Waals surface area (Å²) in [5.41, 5.74) is 15.6. The smallest absolute Gasteiger partial charge is 0.159 e. The first-order chi connectivity index (χ1) is 26.5. The summed E-state index contributed by atoms with van der Waals surface area (Å²) >= 11 is 0. The Kier molecular flexibility index (Phi) is 7.48. The maximum Gasteiger partial charge on any atom is 0.159 e. The van der Waals surface area contributed by atoms with E-state index in [2.05, 4.69) is 212 Å². The van der Waals surface area contributed by atoms with Gasteiger partial charge >= 0.3 is 0 Å². The highest BCUT2D eigenvalue weighted by Crippen LogP contribution is 2.55. The molecule has 54 heavy (non-hydrogen) atoms. The molecule has 0 radical (unpaired) electrons. The standard InChI is InChI=1S/C51H38N2O/c1-51(2)45-32-31-44-43-20-12-13-21-48(43)54-50(44)49(45)53(40-18-10-5-11-19-40)47-33-26-38(34-46(47)51)37-24-29-42(30-25-37)52(39-16-8-4-9-17-39)41-27-22-36(23-28-41)35-14-6-3-7-15-35/h3-34H,1-2H3. The van der Waals surface area contributed by atoms with Crippen LogP contribution in [0, 0.1) is 0 Å². The van der Waals surface area contributed by atoms with Crippen LogP contribution in [0.4, 0.5) is 34.1 Å². The fourth-order valence-corrected chi connectivity index (χ4v) is 8.28. The average molecular weight is 695 g/mol. The zero-order valence-corrected chi connectivity index (χ0v) is 30.3. The number of nitrogens with zero attached hydrogens (tertiary/aromatic N) is 2. The predicted octanol–water partition coefficient (Wildman–Crippen LogP) is 14.5. The molecule has 1 aliphatic heterocycles. The lowest BCUT2D eigenvalue weighted by Gasteiger charge is -2.42. The van der Waals surface area contributed by atoms with Gasteiger partial charge in [0, 0.05) is 38.9 Å². The lowest BCUT2D eigenvalue weighted by atomic mass is 9.72.